The quantitative estimate of drug-likeness (QED) is 0.424. The van der Waals surface area contributed by atoms with Gasteiger partial charge >= 0.3 is 6.09 Å². The van der Waals surface area contributed by atoms with Crippen LogP contribution in [-0.2, 0) is 19.8 Å². The van der Waals surface area contributed by atoms with Crippen molar-refractivity contribution in [3.05, 3.63) is 48.4 Å². The minimum atomic E-state index is -0.273. The first-order valence-corrected chi connectivity index (χ1v) is 15.0. The van der Waals surface area contributed by atoms with E-state index in [1.807, 2.05) is 36.1 Å². The Labute approximate surface area is 242 Å². The molecule has 0 radical (unpaired) electrons. The number of amides is 1. The van der Waals surface area contributed by atoms with Gasteiger partial charge < -0.3 is 28.9 Å². The first-order valence-electron chi connectivity index (χ1n) is 15.0. The molecule has 3 aliphatic heterocycles. The largest absolute Gasteiger partial charge is 0.441 e. The maximum atomic E-state index is 12.6. The van der Waals surface area contributed by atoms with Gasteiger partial charge in [-0.15, -0.1) is 0 Å². The predicted molar refractivity (Wildman–Crippen MR) is 157 cm³/mol. The lowest BCUT2D eigenvalue weighted by Crippen LogP contribution is -2.52. The van der Waals surface area contributed by atoms with Gasteiger partial charge in [-0.05, 0) is 58.7 Å². The van der Waals surface area contributed by atoms with E-state index in [0.29, 0.717) is 32.3 Å². The Hall–Kier alpha value is -3.21. The summed E-state index contributed by atoms with van der Waals surface area (Å²) in [5.74, 6) is 0. The van der Waals surface area contributed by atoms with Crippen LogP contribution in [-0.4, -0.2) is 101 Å². The van der Waals surface area contributed by atoms with Crippen LogP contribution in [0.25, 0.3) is 16.8 Å². The molecule has 220 valence electrons. The molecule has 1 amide bonds. The Morgan fingerprint density at radius 1 is 1.12 bits per heavy atom. The van der Waals surface area contributed by atoms with E-state index in [2.05, 4.69) is 53.9 Å². The number of piperazine rings is 1. The molecule has 2 atom stereocenters. The van der Waals surface area contributed by atoms with Crippen molar-refractivity contribution in [2.45, 2.75) is 64.4 Å². The van der Waals surface area contributed by atoms with Crippen molar-refractivity contribution in [3.63, 3.8) is 0 Å². The molecule has 3 saturated heterocycles. The molecular weight excluding hydrogens is 520 g/mol. The van der Waals surface area contributed by atoms with Gasteiger partial charge in [0, 0.05) is 81.6 Å². The maximum Gasteiger partial charge on any atom is 0.410 e. The third-order valence-electron chi connectivity index (χ3n) is 9.01. The molecule has 0 aromatic carbocycles. The van der Waals surface area contributed by atoms with Crippen LogP contribution < -0.4 is 4.90 Å². The first-order chi connectivity index (χ1) is 19.9. The number of ether oxygens (including phenoxy) is 3. The standard InChI is InChI=1S/C31H42N6O4/c1-5-40-31(9-12-34(13-10-31)22(2)3)25-6-7-26(32-19-25)24-18-28-27(8-11-33-37(28)20-24)35-14-16-36(17-15-35)30(38)41-29-21-39-23(29)4/h6-8,11,18-20,22-23,29H,5,9-10,12-17,21H2,1-4H3. The minimum absolute atomic E-state index is 0.0201. The normalized spacial score (nSPS) is 23.1. The van der Waals surface area contributed by atoms with Crippen LogP contribution in [0.2, 0.25) is 0 Å². The Bertz CT molecular complexity index is 1340. The Morgan fingerprint density at radius 2 is 1.90 bits per heavy atom. The molecule has 3 aromatic heterocycles. The van der Waals surface area contributed by atoms with Crippen molar-refractivity contribution in [2.75, 3.05) is 57.4 Å². The number of hydrogen-bond acceptors (Lipinski definition) is 8. The second kappa shape index (κ2) is 11.6. The fourth-order valence-corrected chi connectivity index (χ4v) is 6.27. The highest BCUT2D eigenvalue weighted by atomic mass is 16.6. The summed E-state index contributed by atoms with van der Waals surface area (Å²) >= 11 is 0. The number of nitrogens with zero attached hydrogens (tertiary/aromatic N) is 6. The molecule has 2 unspecified atom stereocenters. The number of aromatic nitrogens is 3. The Morgan fingerprint density at radius 3 is 2.51 bits per heavy atom. The molecule has 10 heteroatoms. The smallest absolute Gasteiger partial charge is 0.410 e. The van der Waals surface area contributed by atoms with Crippen molar-refractivity contribution < 1.29 is 19.0 Å². The van der Waals surface area contributed by atoms with Gasteiger partial charge in [-0.2, -0.15) is 5.10 Å². The van der Waals surface area contributed by atoms with Crippen molar-refractivity contribution in [1.29, 1.82) is 0 Å². The molecule has 0 bridgehead atoms. The lowest BCUT2D eigenvalue weighted by atomic mass is 9.84. The Kier molecular flexibility index (Phi) is 7.89. The molecule has 0 saturated carbocycles. The number of carbonyl (C=O) groups excluding carboxylic acids is 1. The number of piperidine rings is 1. The van der Waals surface area contributed by atoms with Crippen LogP contribution in [0, 0.1) is 0 Å². The van der Waals surface area contributed by atoms with E-state index in [1.54, 1.807) is 4.90 Å². The van der Waals surface area contributed by atoms with E-state index >= 15 is 0 Å². The van der Waals surface area contributed by atoms with Crippen LogP contribution in [0.1, 0.15) is 46.1 Å². The van der Waals surface area contributed by atoms with E-state index < -0.39 is 0 Å². The SMILES string of the molecule is CCOC1(c2ccc(-c3cc4c(N5CCN(C(=O)OC6COC6C)CC5)ccnn4c3)nc2)CCN(C(C)C)CC1. The zero-order valence-electron chi connectivity index (χ0n) is 24.7. The summed E-state index contributed by atoms with van der Waals surface area (Å²) in [4.78, 5) is 24.1. The van der Waals surface area contributed by atoms with Gasteiger partial charge in [0.15, 0.2) is 6.10 Å². The lowest BCUT2D eigenvalue weighted by molar-refractivity contribution is -0.157. The van der Waals surface area contributed by atoms with Gasteiger partial charge in [-0.25, -0.2) is 9.31 Å². The number of pyridine rings is 1. The number of carbonyl (C=O) groups is 1. The fourth-order valence-electron chi connectivity index (χ4n) is 6.27. The van der Waals surface area contributed by atoms with Gasteiger partial charge in [-0.3, -0.25) is 4.98 Å². The highest BCUT2D eigenvalue weighted by Crippen LogP contribution is 2.38. The van der Waals surface area contributed by atoms with E-state index in [0.717, 1.165) is 67.0 Å². The second-order valence-corrected chi connectivity index (χ2v) is 11.7. The molecule has 0 spiro atoms. The summed E-state index contributed by atoms with van der Waals surface area (Å²) in [6.45, 7) is 14.4. The Balaban J connectivity index is 1.15. The van der Waals surface area contributed by atoms with Crippen LogP contribution in [0.4, 0.5) is 10.5 Å². The fraction of sp³-hybridized carbons (Fsp3) is 0.581. The summed E-state index contributed by atoms with van der Waals surface area (Å²) in [6.07, 6.45) is 7.41. The number of likely N-dealkylation sites (tertiary alicyclic amines) is 1. The molecule has 10 nitrogen and oxygen atoms in total. The summed E-state index contributed by atoms with van der Waals surface area (Å²) in [5, 5.41) is 4.57. The predicted octanol–water partition coefficient (Wildman–Crippen LogP) is 4.18. The molecule has 3 aromatic rings. The first kappa shape index (κ1) is 27.9. The highest BCUT2D eigenvalue weighted by molar-refractivity contribution is 5.79. The summed E-state index contributed by atoms with van der Waals surface area (Å²) < 4.78 is 19.2. The molecule has 6 rings (SSSR count). The molecule has 41 heavy (non-hydrogen) atoms. The third kappa shape index (κ3) is 5.52. The lowest BCUT2D eigenvalue weighted by Gasteiger charge is -2.43. The zero-order chi connectivity index (χ0) is 28.6. The highest BCUT2D eigenvalue weighted by Gasteiger charge is 2.38. The number of hydrogen-bond donors (Lipinski definition) is 0. The number of rotatable bonds is 7. The maximum absolute atomic E-state index is 12.6. The number of fused-ring (bicyclic) bond motifs is 1. The van der Waals surface area contributed by atoms with Crippen LogP contribution in [0.5, 0.6) is 0 Å². The van der Waals surface area contributed by atoms with Crippen molar-refractivity contribution in [3.8, 4) is 11.3 Å². The third-order valence-corrected chi connectivity index (χ3v) is 9.01. The average molecular weight is 563 g/mol. The average Bonchev–Trinajstić information content (AvgIpc) is 3.44. The van der Waals surface area contributed by atoms with Crippen molar-refractivity contribution >= 4 is 17.3 Å². The van der Waals surface area contributed by atoms with Crippen LogP contribution in [0.3, 0.4) is 0 Å². The van der Waals surface area contributed by atoms with E-state index in [9.17, 15) is 4.79 Å². The van der Waals surface area contributed by atoms with Gasteiger partial charge in [-0.1, -0.05) is 6.07 Å². The van der Waals surface area contributed by atoms with Crippen LogP contribution >= 0.6 is 0 Å². The molecule has 3 fully saturated rings. The van der Waals surface area contributed by atoms with Crippen molar-refractivity contribution in [1.82, 2.24) is 24.4 Å². The summed E-state index contributed by atoms with van der Waals surface area (Å²) in [6, 6.07) is 9.05. The molecular formula is C31H42N6O4. The van der Waals surface area contributed by atoms with Crippen LogP contribution in [0.15, 0.2) is 42.9 Å². The topological polar surface area (TPSA) is 84.7 Å². The summed E-state index contributed by atoms with van der Waals surface area (Å²) in [5.41, 5.74) is 4.95. The molecule has 0 N–H and O–H groups in total. The van der Waals surface area contributed by atoms with E-state index in [4.69, 9.17) is 19.2 Å². The second-order valence-electron chi connectivity index (χ2n) is 11.7. The monoisotopic (exact) mass is 562 g/mol. The minimum Gasteiger partial charge on any atom is -0.441 e. The van der Waals surface area contributed by atoms with E-state index in [-0.39, 0.29) is 23.9 Å². The zero-order valence-corrected chi connectivity index (χ0v) is 24.7. The van der Waals surface area contributed by atoms with Gasteiger partial charge in [0.1, 0.15) is 0 Å². The van der Waals surface area contributed by atoms with Crippen molar-refractivity contribution in [2.24, 2.45) is 0 Å². The molecule has 3 aliphatic rings. The van der Waals surface area contributed by atoms with Gasteiger partial charge in [0.2, 0.25) is 0 Å². The van der Waals surface area contributed by atoms with E-state index in [1.165, 1.54) is 0 Å². The number of anilines is 1. The van der Waals surface area contributed by atoms with Gasteiger partial charge in [0.05, 0.1) is 35.2 Å². The van der Waals surface area contributed by atoms with Gasteiger partial charge in [0.25, 0.3) is 0 Å². The summed E-state index contributed by atoms with van der Waals surface area (Å²) in [7, 11) is 0. The molecule has 0 aliphatic carbocycles. The molecule has 6 heterocycles.